The largest absolute Gasteiger partial charge is 0.465 e. The van der Waals surface area contributed by atoms with E-state index < -0.39 is 23.0 Å². The molecule has 0 spiro atoms. The van der Waals surface area contributed by atoms with Crippen molar-refractivity contribution in [1.82, 2.24) is 30.0 Å². The molecule has 2 aromatic heterocycles. The van der Waals surface area contributed by atoms with E-state index in [-0.39, 0.29) is 38.9 Å². The van der Waals surface area contributed by atoms with E-state index >= 15 is 0 Å². The summed E-state index contributed by atoms with van der Waals surface area (Å²) in [5.74, 6) is 3.59. The maximum atomic E-state index is 12.8. The predicted octanol–water partition coefficient (Wildman–Crippen LogP) is 4.80. The number of esters is 2. The maximum absolute atomic E-state index is 12.8. The molecule has 0 unspecified atom stereocenters. The number of hydrogen-bond donors (Lipinski definition) is 2. The van der Waals surface area contributed by atoms with Crippen LogP contribution in [0.1, 0.15) is 54.8 Å². The topological polar surface area (TPSA) is 215 Å². The summed E-state index contributed by atoms with van der Waals surface area (Å²) in [6.45, 7) is 5.56. The molecular weight excluding hydrogens is 711 g/mol. The Kier molecular flexibility index (Phi) is 18.0. The highest BCUT2D eigenvalue weighted by Crippen LogP contribution is 2.18. The molecule has 0 fully saturated rings. The van der Waals surface area contributed by atoms with Crippen LogP contribution in [0.3, 0.4) is 0 Å². The Morgan fingerprint density at radius 2 is 1.11 bits per heavy atom. The van der Waals surface area contributed by atoms with Crippen molar-refractivity contribution in [2.45, 2.75) is 70.2 Å². The number of nitrogens with zero attached hydrogens (tertiary/aromatic N) is 9. The van der Waals surface area contributed by atoms with Gasteiger partial charge in [0.1, 0.15) is 11.1 Å². The normalized spacial score (nSPS) is 10.5. The monoisotopic (exact) mass is 757 g/mol. The average molecular weight is 758 g/mol. The molecule has 0 saturated heterocycles. The van der Waals surface area contributed by atoms with Crippen LogP contribution in [0.25, 0.3) is 10.4 Å². The Balaban J connectivity index is 0.000000299. The molecule has 290 valence electrons. The van der Waals surface area contributed by atoms with E-state index in [0.717, 1.165) is 16.7 Å². The highest BCUT2D eigenvalue weighted by Gasteiger charge is 2.38. The number of carbonyl (C=O) groups excluding carboxylic acids is 2. The van der Waals surface area contributed by atoms with Gasteiger partial charge in [-0.15, -0.1) is 34.9 Å². The number of carbonyl (C=O) groups is 2. The molecule has 4 N–H and O–H groups in total. The molecule has 5 aromatic rings. The van der Waals surface area contributed by atoms with E-state index in [1.807, 2.05) is 91.0 Å². The molecular formula is C41H47N11O4. The van der Waals surface area contributed by atoms with Gasteiger partial charge in [-0.1, -0.05) is 107 Å². The molecule has 0 aliphatic rings. The number of azide groups is 1. The van der Waals surface area contributed by atoms with Gasteiger partial charge in [-0.2, -0.15) is 0 Å². The predicted molar refractivity (Wildman–Crippen MR) is 212 cm³/mol. The van der Waals surface area contributed by atoms with E-state index in [1.54, 1.807) is 35.6 Å². The van der Waals surface area contributed by atoms with Crippen molar-refractivity contribution in [1.29, 1.82) is 0 Å². The third kappa shape index (κ3) is 14.6. The van der Waals surface area contributed by atoms with E-state index in [4.69, 9.17) is 39.3 Å². The SMILES string of the molecule is C#CCC(N)(CC#C)C(=O)OCC.CCOC(=O)C(N)(Cc1cn(Cc2ccccc2)nn1)Cc1cn(Cc2ccccc2)nn1.[N-]=[N+]=NCc1ccccc1. The van der Waals surface area contributed by atoms with Crippen molar-refractivity contribution < 1.29 is 19.1 Å². The molecule has 0 saturated carbocycles. The van der Waals surface area contributed by atoms with Crippen molar-refractivity contribution in [2.75, 3.05) is 13.2 Å². The van der Waals surface area contributed by atoms with Crippen molar-refractivity contribution in [3.63, 3.8) is 0 Å². The van der Waals surface area contributed by atoms with Crippen molar-refractivity contribution >= 4 is 11.9 Å². The molecule has 15 heteroatoms. The van der Waals surface area contributed by atoms with Gasteiger partial charge >= 0.3 is 11.9 Å². The minimum Gasteiger partial charge on any atom is -0.465 e. The number of ether oxygens (including phenoxy) is 2. The van der Waals surface area contributed by atoms with Gasteiger partial charge in [-0.25, -0.2) is 14.2 Å². The Bertz CT molecular complexity index is 1970. The quantitative estimate of drug-likeness (QED) is 0.0461. The van der Waals surface area contributed by atoms with Crippen LogP contribution in [0.5, 0.6) is 0 Å². The fourth-order valence-corrected chi connectivity index (χ4v) is 5.21. The average Bonchev–Trinajstić information content (AvgIpc) is 3.84. The lowest BCUT2D eigenvalue weighted by Gasteiger charge is -2.25. The van der Waals surface area contributed by atoms with Crippen LogP contribution < -0.4 is 11.5 Å². The zero-order chi connectivity index (χ0) is 40.7. The Hall–Kier alpha value is -6.77. The lowest BCUT2D eigenvalue weighted by molar-refractivity contribution is -0.150. The summed E-state index contributed by atoms with van der Waals surface area (Å²) in [6, 6.07) is 29.5. The standard InChI is InChI=1S/C24H27N7O2.C10H13NO2.C7H7N3/c1-2-33-23(32)24(25,13-21-17-30(28-26-21)15-19-9-5-3-6-10-19)14-22-18-31(29-27-22)16-20-11-7-4-8-12-20;1-4-7-10(11,8-5-2)9(12)13-6-3;8-10-9-6-7-4-2-1-3-5-7/h3-12,17-18H,2,13-16,25H2,1H3;1-2H,6-8,11H2,3H3;1-5H,6H2. The molecule has 0 aliphatic heterocycles. The number of hydrogen-bond acceptors (Lipinski definition) is 11. The molecule has 2 heterocycles. The van der Waals surface area contributed by atoms with Crippen LogP contribution in [0, 0.1) is 24.7 Å². The fraction of sp³-hybridized carbons (Fsp3) is 0.317. The number of terminal acetylenes is 2. The van der Waals surface area contributed by atoms with Gasteiger partial charge in [0.25, 0.3) is 0 Å². The number of nitrogens with two attached hydrogens (primary N) is 2. The number of benzene rings is 3. The lowest BCUT2D eigenvalue weighted by Crippen LogP contribution is -2.53. The first-order chi connectivity index (χ1) is 27.1. The fourth-order valence-electron chi connectivity index (χ4n) is 5.21. The molecule has 5 rings (SSSR count). The zero-order valence-electron chi connectivity index (χ0n) is 31.6. The third-order valence-electron chi connectivity index (χ3n) is 7.90. The second kappa shape index (κ2) is 23.1. The van der Waals surface area contributed by atoms with E-state index in [1.165, 1.54) is 0 Å². The van der Waals surface area contributed by atoms with Gasteiger partial charge in [-0.05, 0) is 36.1 Å². The van der Waals surface area contributed by atoms with Crippen LogP contribution in [0.15, 0.2) is 109 Å². The van der Waals surface area contributed by atoms with Gasteiger partial charge in [0.05, 0.1) is 44.2 Å². The summed E-state index contributed by atoms with van der Waals surface area (Å²) in [4.78, 5) is 26.8. The molecule has 15 nitrogen and oxygen atoms in total. The molecule has 0 bridgehead atoms. The Labute approximate surface area is 327 Å². The summed E-state index contributed by atoms with van der Waals surface area (Å²) in [5, 5.41) is 20.2. The Morgan fingerprint density at radius 1 is 0.714 bits per heavy atom. The second-order valence-corrected chi connectivity index (χ2v) is 12.5. The summed E-state index contributed by atoms with van der Waals surface area (Å²) in [6.07, 6.45) is 14.3. The van der Waals surface area contributed by atoms with Gasteiger partial charge in [0.2, 0.25) is 0 Å². The molecule has 0 radical (unpaired) electrons. The van der Waals surface area contributed by atoms with Gasteiger partial charge in [0, 0.05) is 43.0 Å². The summed E-state index contributed by atoms with van der Waals surface area (Å²) < 4.78 is 13.5. The maximum Gasteiger partial charge on any atom is 0.328 e. The second-order valence-electron chi connectivity index (χ2n) is 12.5. The smallest absolute Gasteiger partial charge is 0.328 e. The summed E-state index contributed by atoms with van der Waals surface area (Å²) in [5.41, 5.74) is 22.2. The molecule has 0 aliphatic carbocycles. The van der Waals surface area contributed by atoms with Crippen LogP contribution in [0.4, 0.5) is 0 Å². The first-order valence-corrected chi connectivity index (χ1v) is 17.8. The van der Waals surface area contributed by atoms with E-state index in [9.17, 15) is 9.59 Å². The molecule has 0 amide bonds. The first-order valence-electron chi connectivity index (χ1n) is 17.8. The highest BCUT2D eigenvalue weighted by atomic mass is 16.5. The van der Waals surface area contributed by atoms with Crippen molar-refractivity contribution in [3.8, 4) is 24.7 Å². The summed E-state index contributed by atoms with van der Waals surface area (Å²) >= 11 is 0. The molecule has 3 aromatic carbocycles. The zero-order valence-corrected chi connectivity index (χ0v) is 31.6. The van der Waals surface area contributed by atoms with Gasteiger partial charge in [0.15, 0.2) is 0 Å². The highest BCUT2D eigenvalue weighted by molar-refractivity contribution is 5.82. The Morgan fingerprint density at radius 3 is 1.48 bits per heavy atom. The lowest BCUT2D eigenvalue weighted by atomic mass is 9.89. The van der Waals surface area contributed by atoms with Crippen LogP contribution >= 0.6 is 0 Å². The van der Waals surface area contributed by atoms with Gasteiger partial charge in [-0.3, -0.25) is 4.79 Å². The van der Waals surface area contributed by atoms with Crippen LogP contribution in [-0.2, 0) is 51.5 Å². The van der Waals surface area contributed by atoms with E-state index in [2.05, 4.69) is 42.5 Å². The van der Waals surface area contributed by atoms with Crippen molar-refractivity contribution in [2.24, 2.45) is 16.6 Å². The third-order valence-corrected chi connectivity index (χ3v) is 7.90. The van der Waals surface area contributed by atoms with E-state index in [0.29, 0.717) is 31.0 Å². The number of rotatable bonds is 16. The first kappa shape index (κ1) is 43.6. The minimum absolute atomic E-state index is 0.0933. The van der Waals surface area contributed by atoms with Crippen molar-refractivity contribution in [3.05, 3.63) is 142 Å². The molecule has 0 atom stereocenters. The van der Waals surface area contributed by atoms with Crippen LogP contribution in [0.2, 0.25) is 0 Å². The number of aromatic nitrogens is 6. The minimum atomic E-state index is -1.34. The summed E-state index contributed by atoms with van der Waals surface area (Å²) in [7, 11) is 0. The van der Waals surface area contributed by atoms with Gasteiger partial charge < -0.3 is 20.9 Å². The van der Waals surface area contributed by atoms with Crippen LogP contribution in [-0.4, -0.2) is 66.2 Å². The molecule has 56 heavy (non-hydrogen) atoms.